The predicted molar refractivity (Wildman–Crippen MR) is 57.4 cm³/mol. The Hall–Kier alpha value is -1.77. The number of nitrogens with zero attached hydrogens (tertiary/aromatic N) is 1. The van der Waals surface area contributed by atoms with Gasteiger partial charge in [0, 0.05) is 11.6 Å². The van der Waals surface area contributed by atoms with Crippen LogP contribution in [0.4, 0.5) is 5.82 Å². The summed E-state index contributed by atoms with van der Waals surface area (Å²) in [6, 6.07) is 5.80. The lowest BCUT2D eigenvalue weighted by molar-refractivity contribution is 0.415. The van der Waals surface area contributed by atoms with Gasteiger partial charge in [0.25, 0.3) is 0 Å². The van der Waals surface area contributed by atoms with Gasteiger partial charge in [-0.25, -0.2) is 4.98 Å². The van der Waals surface area contributed by atoms with Gasteiger partial charge in [0.1, 0.15) is 11.6 Å². The first-order valence-electron chi connectivity index (χ1n) is 4.41. The number of aromatic nitrogens is 1. The number of fused-ring (bicyclic) bond motifs is 1. The molecule has 0 spiro atoms. The first kappa shape index (κ1) is 8.81. The molecule has 1 heterocycles. The Morgan fingerprint density at radius 2 is 2.07 bits per heavy atom. The van der Waals surface area contributed by atoms with Crippen molar-refractivity contribution in [2.75, 3.05) is 12.8 Å². The topological polar surface area (TPSA) is 48.1 Å². The molecule has 14 heavy (non-hydrogen) atoms. The molecule has 0 aliphatic heterocycles. The highest BCUT2D eigenvalue weighted by atomic mass is 16.5. The molecule has 0 aliphatic carbocycles. The third-order valence-electron chi connectivity index (χ3n) is 2.32. The number of methoxy groups -OCH3 is 1. The van der Waals surface area contributed by atoms with Crippen molar-refractivity contribution in [1.29, 1.82) is 0 Å². The quantitative estimate of drug-likeness (QED) is 0.745. The molecule has 0 amide bonds. The SMILES string of the molecule is COc1ccc2c(N)ncc(C)c2c1. The highest BCUT2D eigenvalue weighted by Gasteiger charge is 2.03. The summed E-state index contributed by atoms with van der Waals surface area (Å²) in [5.74, 6) is 1.40. The van der Waals surface area contributed by atoms with Crippen molar-refractivity contribution in [3.8, 4) is 5.75 Å². The van der Waals surface area contributed by atoms with E-state index in [-0.39, 0.29) is 0 Å². The summed E-state index contributed by atoms with van der Waals surface area (Å²) in [5, 5.41) is 2.07. The second-order valence-corrected chi connectivity index (χ2v) is 3.24. The van der Waals surface area contributed by atoms with E-state index < -0.39 is 0 Å². The lowest BCUT2D eigenvalue weighted by atomic mass is 10.1. The van der Waals surface area contributed by atoms with Crippen molar-refractivity contribution in [2.45, 2.75) is 6.92 Å². The molecule has 0 saturated heterocycles. The Bertz CT molecular complexity index is 480. The Morgan fingerprint density at radius 3 is 2.79 bits per heavy atom. The van der Waals surface area contributed by atoms with Crippen LogP contribution in [0.5, 0.6) is 5.75 Å². The van der Waals surface area contributed by atoms with Gasteiger partial charge in [0.05, 0.1) is 7.11 Å². The maximum Gasteiger partial charge on any atom is 0.131 e. The van der Waals surface area contributed by atoms with Gasteiger partial charge in [-0.05, 0) is 36.1 Å². The van der Waals surface area contributed by atoms with Crippen LogP contribution in [0.3, 0.4) is 0 Å². The monoisotopic (exact) mass is 188 g/mol. The van der Waals surface area contributed by atoms with Gasteiger partial charge in [-0.3, -0.25) is 0 Å². The molecule has 72 valence electrons. The van der Waals surface area contributed by atoms with E-state index in [4.69, 9.17) is 10.5 Å². The molecule has 0 fully saturated rings. The van der Waals surface area contributed by atoms with E-state index in [9.17, 15) is 0 Å². The van der Waals surface area contributed by atoms with E-state index in [0.29, 0.717) is 5.82 Å². The molecule has 0 atom stereocenters. The van der Waals surface area contributed by atoms with E-state index >= 15 is 0 Å². The van der Waals surface area contributed by atoms with Gasteiger partial charge < -0.3 is 10.5 Å². The Balaban J connectivity index is 2.80. The van der Waals surface area contributed by atoms with Crippen LogP contribution in [-0.2, 0) is 0 Å². The number of benzene rings is 1. The van der Waals surface area contributed by atoms with Crippen LogP contribution >= 0.6 is 0 Å². The zero-order valence-corrected chi connectivity index (χ0v) is 8.24. The van der Waals surface area contributed by atoms with E-state index in [2.05, 4.69) is 4.98 Å². The highest BCUT2D eigenvalue weighted by Crippen LogP contribution is 2.26. The molecule has 0 radical (unpaired) electrons. The molecule has 0 unspecified atom stereocenters. The van der Waals surface area contributed by atoms with Gasteiger partial charge in [-0.15, -0.1) is 0 Å². The van der Waals surface area contributed by atoms with Gasteiger partial charge in [-0.1, -0.05) is 0 Å². The summed E-state index contributed by atoms with van der Waals surface area (Å²) in [6.07, 6.45) is 1.77. The average molecular weight is 188 g/mol. The average Bonchev–Trinajstić information content (AvgIpc) is 2.23. The van der Waals surface area contributed by atoms with Crippen molar-refractivity contribution in [1.82, 2.24) is 4.98 Å². The Labute approximate surface area is 82.5 Å². The summed E-state index contributed by atoms with van der Waals surface area (Å²) in [7, 11) is 1.65. The molecule has 0 aliphatic rings. The standard InChI is InChI=1S/C11H12N2O/c1-7-6-13-11(12)9-4-3-8(14-2)5-10(7)9/h3-6H,1-2H3,(H2,12,13). The molecule has 3 nitrogen and oxygen atoms in total. The second-order valence-electron chi connectivity index (χ2n) is 3.24. The predicted octanol–water partition coefficient (Wildman–Crippen LogP) is 2.13. The molecule has 0 saturated carbocycles. The third-order valence-corrected chi connectivity index (χ3v) is 2.32. The van der Waals surface area contributed by atoms with Crippen molar-refractivity contribution in [2.24, 2.45) is 0 Å². The van der Waals surface area contributed by atoms with E-state index in [1.807, 2.05) is 25.1 Å². The normalized spacial score (nSPS) is 10.4. The van der Waals surface area contributed by atoms with Gasteiger partial charge >= 0.3 is 0 Å². The number of hydrogen-bond donors (Lipinski definition) is 1. The van der Waals surface area contributed by atoms with Crippen LogP contribution in [0.2, 0.25) is 0 Å². The summed E-state index contributed by atoms with van der Waals surface area (Å²) in [4.78, 5) is 4.10. The largest absolute Gasteiger partial charge is 0.497 e. The van der Waals surface area contributed by atoms with Crippen LogP contribution < -0.4 is 10.5 Å². The zero-order chi connectivity index (χ0) is 10.1. The molecule has 2 aromatic rings. The number of ether oxygens (including phenoxy) is 1. The van der Waals surface area contributed by atoms with Crippen LogP contribution in [0.1, 0.15) is 5.56 Å². The molecular formula is C11H12N2O. The maximum atomic E-state index is 5.76. The zero-order valence-electron chi connectivity index (χ0n) is 8.24. The Morgan fingerprint density at radius 1 is 1.29 bits per heavy atom. The minimum atomic E-state index is 0.563. The molecule has 2 rings (SSSR count). The smallest absolute Gasteiger partial charge is 0.131 e. The van der Waals surface area contributed by atoms with Crippen molar-refractivity contribution >= 4 is 16.6 Å². The van der Waals surface area contributed by atoms with Gasteiger partial charge in [-0.2, -0.15) is 0 Å². The van der Waals surface area contributed by atoms with Crippen molar-refractivity contribution in [3.05, 3.63) is 30.0 Å². The number of anilines is 1. The summed E-state index contributed by atoms with van der Waals surface area (Å²) >= 11 is 0. The van der Waals surface area contributed by atoms with Crippen molar-refractivity contribution < 1.29 is 4.74 Å². The summed E-state index contributed by atoms with van der Waals surface area (Å²) in [5.41, 5.74) is 6.87. The minimum absolute atomic E-state index is 0.563. The number of aryl methyl sites for hydroxylation is 1. The van der Waals surface area contributed by atoms with Crippen LogP contribution in [-0.4, -0.2) is 12.1 Å². The number of rotatable bonds is 1. The molecule has 1 aromatic heterocycles. The molecule has 1 aromatic carbocycles. The summed E-state index contributed by atoms with van der Waals surface area (Å²) in [6.45, 7) is 2.01. The Kier molecular flexibility index (Phi) is 2.00. The van der Waals surface area contributed by atoms with E-state index in [0.717, 1.165) is 22.1 Å². The molecule has 3 heteroatoms. The molecule has 0 bridgehead atoms. The second kappa shape index (κ2) is 3.18. The number of nitrogen functional groups attached to an aromatic ring is 1. The fourth-order valence-electron chi connectivity index (χ4n) is 1.51. The van der Waals surface area contributed by atoms with Gasteiger partial charge in [0.15, 0.2) is 0 Å². The summed E-state index contributed by atoms with van der Waals surface area (Å²) < 4.78 is 5.16. The van der Waals surface area contributed by atoms with E-state index in [1.165, 1.54) is 0 Å². The number of hydrogen-bond acceptors (Lipinski definition) is 3. The lowest BCUT2D eigenvalue weighted by Gasteiger charge is -2.06. The first-order valence-corrected chi connectivity index (χ1v) is 4.41. The number of nitrogens with two attached hydrogens (primary N) is 1. The van der Waals surface area contributed by atoms with Gasteiger partial charge in [0.2, 0.25) is 0 Å². The fraction of sp³-hybridized carbons (Fsp3) is 0.182. The molecular weight excluding hydrogens is 176 g/mol. The van der Waals surface area contributed by atoms with Crippen molar-refractivity contribution in [3.63, 3.8) is 0 Å². The lowest BCUT2D eigenvalue weighted by Crippen LogP contribution is -1.93. The first-order chi connectivity index (χ1) is 6.72. The minimum Gasteiger partial charge on any atom is -0.497 e. The highest BCUT2D eigenvalue weighted by molar-refractivity contribution is 5.93. The third kappa shape index (κ3) is 1.27. The van der Waals surface area contributed by atoms with Crippen LogP contribution in [0, 0.1) is 6.92 Å². The van der Waals surface area contributed by atoms with Crippen LogP contribution in [0.15, 0.2) is 24.4 Å². The van der Waals surface area contributed by atoms with E-state index in [1.54, 1.807) is 13.3 Å². The maximum absolute atomic E-state index is 5.76. The van der Waals surface area contributed by atoms with Crippen LogP contribution in [0.25, 0.3) is 10.8 Å². The fourth-order valence-corrected chi connectivity index (χ4v) is 1.51. The molecule has 2 N–H and O–H groups in total. The number of pyridine rings is 1.